The van der Waals surface area contributed by atoms with Gasteiger partial charge >= 0.3 is 11.8 Å². The van der Waals surface area contributed by atoms with Crippen LogP contribution in [0.1, 0.15) is 26.3 Å². The van der Waals surface area contributed by atoms with Crippen LogP contribution in [0, 0.1) is 10.1 Å². The highest BCUT2D eigenvalue weighted by Crippen LogP contribution is 2.34. The monoisotopic (exact) mass is 402 g/mol. The molecule has 1 saturated heterocycles. The molecule has 1 aliphatic heterocycles. The van der Waals surface area contributed by atoms with Gasteiger partial charge in [-0.15, -0.1) is 0 Å². The second-order valence-electron chi connectivity index (χ2n) is 8.03. The van der Waals surface area contributed by atoms with E-state index in [2.05, 4.69) is 9.88 Å². The Labute approximate surface area is 169 Å². The van der Waals surface area contributed by atoms with Gasteiger partial charge in [0.25, 0.3) is 0 Å². The molecular weight excluding hydrogens is 376 g/mol. The smallest absolute Gasteiger partial charge is 0.410 e. The number of piperazine rings is 1. The van der Waals surface area contributed by atoms with E-state index in [1.807, 2.05) is 26.8 Å². The van der Waals surface area contributed by atoms with E-state index in [1.165, 1.54) is 13.2 Å². The first-order valence-electron chi connectivity index (χ1n) is 9.48. The Morgan fingerprint density at radius 2 is 1.93 bits per heavy atom. The van der Waals surface area contributed by atoms with Gasteiger partial charge in [0, 0.05) is 50.4 Å². The number of ether oxygens (including phenoxy) is 2. The minimum Gasteiger partial charge on any atom is -0.489 e. The van der Waals surface area contributed by atoms with Crippen molar-refractivity contribution >= 4 is 22.7 Å². The number of methoxy groups -OCH3 is 1. The maximum atomic E-state index is 12.2. The average molecular weight is 402 g/mol. The van der Waals surface area contributed by atoms with Gasteiger partial charge in [0.1, 0.15) is 11.1 Å². The number of carbonyl (C=O) groups excluding carboxylic acids is 1. The molecule has 1 amide bonds. The van der Waals surface area contributed by atoms with Crippen LogP contribution in [0.25, 0.3) is 10.9 Å². The van der Waals surface area contributed by atoms with E-state index in [1.54, 1.807) is 17.2 Å². The summed E-state index contributed by atoms with van der Waals surface area (Å²) in [5, 5.41) is 11.9. The Balaban J connectivity index is 1.66. The number of fused-ring (bicyclic) bond motifs is 1. The fourth-order valence-corrected chi connectivity index (χ4v) is 3.31. The lowest BCUT2D eigenvalue weighted by Gasteiger charge is -2.35. The zero-order valence-corrected chi connectivity index (χ0v) is 17.2. The van der Waals surface area contributed by atoms with Crippen LogP contribution in [0.4, 0.5) is 10.5 Å². The summed E-state index contributed by atoms with van der Waals surface area (Å²) in [6.45, 7) is 8.95. The normalized spacial score (nSPS) is 15.4. The van der Waals surface area contributed by atoms with E-state index in [0.29, 0.717) is 25.2 Å². The Kier molecular flexibility index (Phi) is 5.88. The number of aromatic nitrogens is 1. The van der Waals surface area contributed by atoms with Crippen LogP contribution < -0.4 is 4.74 Å². The zero-order valence-electron chi connectivity index (χ0n) is 17.2. The van der Waals surface area contributed by atoms with Crippen LogP contribution in [-0.2, 0) is 11.3 Å². The highest BCUT2D eigenvalue weighted by atomic mass is 16.6. The number of nitro groups is 1. The molecule has 0 bridgehead atoms. The first-order chi connectivity index (χ1) is 13.7. The van der Waals surface area contributed by atoms with Crippen LogP contribution in [0.2, 0.25) is 0 Å². The zero-order chi connectivity index (χ0) is 21.2. The lowest BCUT2D eigenvalue weighted by Crippen LogP contribution is -2.49. The van der Waals surface area contributed by atoms with E-state index in [-0.39, 0.29) is 17.5 Å². The molecule has 3 rings (SSSR count). The van der Waals surface area contributed by atoms with E-state index >= 15 is 0 Å². The van der Waals surface area contributed by atoms with E-state index in [4.69, 9.17) is 9.47 Å². The van der Waals surface area contributed by atoms with Crippen LogP contribution in [0.3, 0.4) is 0 Å². The molecule has 0 saturated carbocycles. The van der Waals surface area contributed by atoms with Gasteiger partial charge in [-0.2, -0.15) is 0 Å². The number of nitrogens with zero attached hydrogens (tertiary/aromatic N) is 4. The molecule has 9 heteroatoms. The van der Waals surface area contributed by atoms with Crippen LogP contribution >= 0.6 is 0 Å². The third-order valence-corrected chi connectivity index (χ3v) is 4.67. The Hall–Kier alpha value is -2.94. The van der Waals surface area contributed by atoms with Gasteiger partial charge in [0.2, 0.25) is 5.75 Å². The molecule has 0 N–H and O–H groups in total. The highest BCUT2D eigenvalue weighted by Gasteiger charge is 2.26. The molecule has 2 heterocycles. The van der Waals surface area contributed by atoms with Gasteiger partial charge in [0.05, 0.1) is 12.0 Å². The maximum Gasteiger partial charge on any atom is 0.410 e. The SMILES string of the molecule is COc1c([N+](=O)[O-])ccc2cc(CN3CCN(C(=O)OC(C)(C)C)CC3)cnc12. The number of hydrogen-bond donors (Lipinski definition) is 0. The highest BCUT2D eigenvalue weighted by molar-refractivity contribution is 5.88. The Bertz CT molecular complexity index is 917. The van der Waals surface area contributed by atoms with Crippen molar-refractivity contribution in [3.05, 3.63) is 40.1 Å². The van der Waals surface area contributed by atoms with Gasteiger partial charge in [-0.25, -0.2) is 4.79 Å². The minimum absolute atomic E-state index is 0.0986. The standard InChI is InChI=1S/C20H26N4O5/c1-20(2,3)29-19(25)23-9-7-22(8-10-23)13-14-11-15-5-6-16(24(26)27)18(28-4)17(15)21-12-14/h5-6,11-12H,7-10,13H2,1-4H3. The second-order valence-corrected chi connectivity index (χ2v) is 8.03. The molecule has 9 nitrogen and oxygen atoms in total. The lowest BCUT2D eigenvalue weighted by atomic mass is 10.1. The Morgan fingerprint density at radius 1 is 1.24 bits per heavy atom. The van der Waals surface area contributed by atoms with Crippen LogP contribution in [0.15, 0.2) is 24.4 Å². The fraction of sp³-hybridized carbons (Fsp3) is 0.500. The van der Waals surface area contributed by atoms with Crippen molar-refractivity contribution in [3.8, 4) is 5.75 Å². The Morgan fingerprint density at radius 3 is 2.52 bits per heavy atom. The largest absolute Gasteiger partial charge is 0.489 e. The van der Waals surface area contributed by atoms with Gasteiger partial charge < -0.3 is 14.4 Å². The molecule has 0 spiro atoms. The number of amides is 1. The van der Waals surface area contributed by atoms with Gasteiger partial charge in [-0.3, -0.25) is 20.0 Å². The third kappa shape index (κ3) is 4.92. The number of rotatable bonds is 4. The predicted octanol–water partition coefficient (Wildman–Crippen LogP) is 3.20. The molecule has 29 heavy (non-hydrogen) atoms. The molecule has 1 aliphatic rings. The maximum absolute atomic E-state index is 12.2. The molecule has 156 valence electrons. The summed E-state index contributed by atoms with van der Waals surface area (Å²) in [7, 11) is 1.40. The van der Waals surface area contributed by atoms with Crippen molar-refractivity contribution in [2.45, 2.75) is 32.9 Å². The number of benzene rings is 1. The third-order valence-electron chi connectivity index (χ3n) is 4.67. The van der Waals surface area contributed by atoms with Gasteiger partial charge in [0.15, 0.2) is 0 Å². The molecule has 2 aromatic rings. The fourth-order valence-electron chi connectivity index (χ4n) is 3.31. The van der Waals surface area contributed by atoms with Crippen molar-refractivity contribution in [3.63, 3.8) is 0 Å². The number of hydrogen-bond acceptors (Lipinski definition) is 7. The number of carbonyl (C=O) groups is 1. The molecule has 1 aromatic heterocycles. The van der Waals surface area contributed by atoms with Crippen molar-refractivity contribution < 1.29 is 19.2 Å². The molecule has 0 aliphatic carbocycles. The molecular formula is C20H26N4O5. The molecule has 0 atom stereocenters. The topological polar surface area (TPSA) is 98.0 Å². The summed E-state index contributed by atoms with van der Waals surface area (Å²) < 4.78 is 10.6. The first kappa shape index (κ1) is 20.8. The van der Waals surface area contributed by atoms with E-state index in [9.17, 15) is 14.9 Å². The van der Waals surface area contributed by atoms with Crippen molar-refractivity contribution in [2.24, 2.45) is 0 Å². The van der Waals surface area contributed by atoms with E-state index in [0.717, 1.165) is 24.0 Å². The number of pyridine rings is 1. The molecule has 0 radical (unpaired) electrons. The second kappa shape index (κ2) is 8.20. The summed E-state index contributed by atoms with van der Waals surface area (Å²) in [5.74, 6) is 0.171. The number of nitro benzene ring substituents is 1. The summed E-state index contributed by atoms with van der Waals surface area (Å²) >= 11 is 0. The van der Waals surface area contributed by atoms with Crippen molar-refractivity contribution in [1.82, 2.24) is 14.8 Å². The summed E-state index contributed by atoms with van der Waals surface area (Å²) in [6.07, 6.45) is 1.44. The van der Waals surface area contributed by atoms with E-state index < -0.39 is 10.5 Å². The van der Waals surface area contributed by atoms with Crippen molar-refractivity contribution in [2.75, 3.05) is 33.3 Å². The van der Waals surface area contributed by atoms with Crippen LogP contribution in [-0.4, -0.2) is 64.7 Å². The first-order valence-corrected chi connectivity index (χ1v) is 9.48. The van der Waals surface area contributed by atoms with Gasteiger partial charge in [-0.1, -0.05) is 0 Å². The quantitative estimate of drug-likeness (QED) is 0.572. The van der Waals surface area contributed by atoms with Crippen molar-refractivity contribution in [1.29, 1.82) is 0 Å². The van der Waals surface area contributed by atoms with Crippen LogP contribution in [0.5, 0.6) is 5.75 Å². The molecule has 1 fully saturated rings. The summed E-state index contributed by atoms with van der Waals surface area (Å²) in [4.78, 5) is 31.2. The molecule has 1 aromatic carbocycles. The predicted molar refractivity (Wildman–Crippen MR) is 108 cm³/mol. The van der Waals surface area contributed by atoms with Gasteiger partial charge in [-0.05, 0) is 38.5 Å². The lowest BCUT2D eigenvalue weighted by molar-refractivity contribution is -0.385. The summed E-state index contributed by atoms with van der Waals surface area (Å²) in [5.41, 5.74) is 0.874. The molecule has 0 unspecified atom stereocenters. The minimum atomic E-state index is -0.499. The summed E-state index contributed by atoms with van der Waals surface area (Å²) in [6, 6.07) is 5.09. The average Bonchev–Trinajstić information content (AvgIpc) is 2.66.